The lowest BCUT2D eigenvalue weighted by Crippen LogP contribution is -2.37. The summed E-state index contributed by atoms with van der Waals surface area (Å²) in [5.41, 5.74) is 4.27. The second-order valence-electron chi connectivity index (χ2n) is 6.04. The largest absolute Gasteiger partial charge is 0.349 e. The molecule has 0 aliphatic carbocycles. The molecule has 0 radical (unpaired) electrons. The van der Waals surface area contributed by atoms with Crippen LogP contribution in [-0.2, 0) is 13.1 Å². The number of likely N-dealkylation sites (tertiary alicyclic amines) is 1. The fourth-order valence-corrected chi connectivity index (χ4v) is 3.39. The molecule has 19 heavy (non-hydrogen) atoms. The van der Waals surface area contributed by atoms with E-state index in [-0.39, 0.29) is 0 Å². The molecule has 1 aliphatic rings. The maximum absolute atomic E-state index is 3.66. The molecule has 108 valence electrons. The number of hydrogen-bond acceptors (Lipinski definition) is 2. The van der Waals surface area contributed by atoms with E-state index in [4.69, 9.17) is 0 Å². The van der Waals surface area contributed by atoms with E-state index >= 15 is 0 Å². The highest BCUT2D eigenvalue weighted by Gasteiger charge is 2.16. The summed E-state index contributed by atoms with van der Waals surface area (Å²) in [5, 5.41) is 3.66. The summed E-state index contributed by atoms with van der Waals surface area (Å²) in [5.74, 6) is 0.827. The molecular weight excluding hydrogens is 234 g/mol. The fourth-order valence-electron chi connectivity index (χ4n) is 3.39. The fraction of sp³-hybridized carbons (Fsp3) is 0.750. The van der Waals surface area contributed by atoms with E-state index in [1.807, 2.05) is 0 Å². The van der Waals surface area contributed by atoms with Crippen molar-refractivity contribution in [3.05, 3.63) is 23.0 Å². The standard InChI is InChI=1S/C16H29N3/c1-5-19-13(2)9-16(14(19)3)11-17-10-15-7-6-8-18(4)12-15/h9,15,17H,5-8,10-12H2,1-4H3. The smallest absolute Gasteiger partial charge is 0.0223 e. The Bertz CT molecular complexity index is 408. The van der Waals surface area contributed by atoms with E-state index in [0.717, 1.165) is 25.6 Å². The van der Waals surface area contributed by atoms with Gasteiger partial charge in [-0.2, -0.15) is 0 Å². The van der Waals surface area contributed by atoms with Gasteiger partial charge in [-0.3, -0.25) is 0 Å². The Hall–Kier alpha value is -0.800. The van der Waals surface area contributed by atoms with Crippen molar-refractivity contribution in [3.63, 3.8) is 0 Å². The lowest BCUT2D eigenvalue weighted by Gasteiger charge is -2.29. The summed E-state index contributed by atoms with van der Waals surface area (Å²) >= 11 is 0. The van der Waals surface area contributed by atoms with Gasteiger partial charge in [0.15, 0.2) is 0 Å². The van der Waals surface area contributed by atoms with Gasteiger partial charge in [-0.1, -0.05) is 0 Å². The third-order valence-corrected chi connectivity index (χ3v) is 4.47. The maximum Gasteiger partial charge on any atom is 0.0223 e. The Labute approximate surface area is 118 Å². The predicted molar refractivity (Wildman–Crippen MR) is 81.5 cm³/mol. The van der Waals surface area contributed by atoms with Crippen LogP contribution in [0.5, 0.6) is 0 Å². The van der Waals surface area contributed by atoms with E-state index in [9.17, 15) is 0 Å². The number of hydrogen-bond donors (Lipinski definition) is 1. The molecule has 3 nitrogen and oxygen atoms in total. The molecule has 1 fully saturated rings. The normalized spacial score (nSPS) is 20.9. The summed E-state index contributed by atoms with van der Waals surface area (Å²) in [6, 6.07) is 2.33. The minimum absolute atomic E-state index is 0.827. The Kier molecular flexibility index (Phi) is 5.06. The van der Waals surface area contributed by atoms with Gasteiger partial charge in [-0.15, -0.1) is 0 Å². The van der Waals surface area contributed by atoms with Crippen LogP contribution in [0.25, 0.3) is 0 Å². The molecule has 1 N–H and O–H groups in total. The lowest BCUT2D eigenvalue weighted by atomic mass is 9.98. The number of rotatable bonds is 5. The molecule has 3 heteroatoms. The first kappa shape index (κ1) is 14.6. The average molecular weight is 263 g/mol. The van der Waals surface area contributed by atoms with Crippen LogP contribution in [0.15, 0.2) is 6.07 Å². The van der Waals surface area contributed by atoms with E-state index < -0.39 is 0 Å². The zero-order valence-electron chi connectivity index (χ0n) is 13.0. The molecule has 0 spiro atoms. The van der Waals surface area contributed by atoms with Gasteiger partial charge >= 0.3 is 0 Å². The topological polar surface area (TPSA) is 20.2 Å². The summed E-state index contributed by atoms with van der Waals surface area (Å²) in [4.78, 5) is 2.46. The van der Waals surface area contributed by atoms with Gasteiger partial charge < -0.3 is 14.8 Å². The van der Waals surface area contributed by atoms with Crippen molar-refractivity contribution in [2.75, 3.05) is 26.7 Å². The lowest BCUT2D eigenvalue weighted by molar-refractivity contribution is 0.206. The van der Waals surface area contributed by atoms with Gasteiger partial charge in [-0.25, -0.2) is 0 Å². The molecule has 1 aromatic heterocycles. The van der Waals surface area contributed by atoms with Crippen molar-refractivity contribution < 1.29 is 0 Å². The quantitative estimate of drug-likeness (QED) is 0.881. The first-order valence-corrected chi connectivity index (χ1v) is 7.66. The zero-order chi connectivity index (χ0) is 13.8. The van der Waals surface area contributed by atoms with Crippen molar-refractivity contribution in [3.8, 4) is 0 Å². The summed E-state index contributed by atoms with van der Waals surface area (Å²) < 4.78 is 2.39. The minimum Gasteiger partial charge on any atom is -0.349 e. The Balaban J connectivity index is 1.82. The molecule has 1 aromatic rings. The van der Waals surface area contributed by atoms with Crippen LogP contribution in [0.4, 0.5) is 0 Å². The van der Waals surface area contributed by atoms with Crippen LogP contribution in [0.3, 0.4) is 0 Å². The van der Waals surface area contributed by atoms with Crippen molar-refractivity contribution in [2.24, 2.45) is 5.92 Å². The van der Waals surface area contributed by atoms with Crippen LogP contribution in [0, 0.1) is 19.8 Å². The Morgan fingerprint density at radius 1 is 1.37 bits per heavy atom. The molecule has 1 unspecified atom stereocenters. The van der Waals surface area contributed by atoms with Crippen LogP contribution >= 0.6 is 0 Å². The van der Waals surface area contributed by atoms with Crippen molar-refractivity contribution in [1.82, 2.24) is 14.8 Å². The molecule has 1 aliphatic heterocycles. The van der Waals surface area contributed by atoms with Crippen LogP contribution < -0.4 is 5.32 Å². The number of nitrogens with one attached hydrogen (secondary N) is 1. The third-order valence-electron chi connectivity index (χ3n) is 4.47. The summed E-state index contributed by atoms with van der Waals surface area (Å²) in [6.45, 7) is 12.4. The van der Waals surface area contributed by atoms with E-state index in [2.05, 4.69) is 48.7 Å². The number of aryl methyl sites for hydroxylation is 1. The molecular formula is C16H29N3. The average Bonchev–Trinajstić information content (AvgIpc) is 2.64. The van der Waals surface area contributed by atoms with Crippen molar-refractivity contribution >= 4 is 0 Å². The highest BCUT2D eigenvalue weighted by atomic mass is 15.1. The van der Waals surface area contributed by atoms with Crippen molar-refractivity contribution in [2.45, 2.75) is 46.7 Å². The van der Waals surface area contributed by atoms with Crippen molar-refractivity contribution in [1.29, 1.82) is 0 Å². The molecule has 1 saturated heterocycles. The van der Waals surface area contributed by atoms with Crippen LogP contribution in [-0.4, -0.2) is 36.1 Å². The van der Waals surface area contributed by atoms with E-state index in [0.29, 0.717) is 0 Å². The van der Waals surface area contributed by atoms with Gasteiger partial charge in [0.25, 0.3) is 0 Å². The highest BCUT2D eigenvalue weighted by molar-refractivity contribution is 5.26. The van der Waals surface area contributed by atoms with Gasteiger partial charge in [0.05, 0.1) is 0 Å². The van der Waals surface area contributed by atoms with Gasteiger partial charge in [0.1, 0.15) is 0 Å². The summed E-state index contributed by atoms with van der Waals surface area (Å²) in [6.07, 6.45) is 2.73. The third kappa shape index (κ3) is 3.61. The molecule has 0 aromatic carbocycles. The number of piperidine rings is 1. The van der Waals surface area contributed by atoms with Crippen LogP contribution in [0.2, 0.25) is 0 Å². The second-order valence-corrected chi connectivity index (χ2v) is 6.04. The van der Waals surface area contributed by atoms with Gasteiger partial charge in [0.2, 0.25) is 0 Å². The van der Waals surface area contributed by atoms with Gasteiger partial charge in [0, 0.05) is 31.0 Å². The minimum atomic E-state index is 0.827. The first-order chi connectivity index (χ1) is 9.11. The molecule has 0 bridgehead atoms. The summed E-state index contributed by atoms with van der Waals surface area (Å²) in [7, 11) is 2.24. The molecule has 0 saturated carbocycles. The van der Waals surface area contributed by atoms with E-state index in [1.54, 1.807) is 0 Å². The monoisotopic (exact) mass is 263 g/mol. The van der Waals surface area contributed by atoms with Gasteiger partial charge in [-0.05, 0) is 71.3 Å². The zero-order valence-corrected chi connectivity index (χ0v) is 13.0. The predicted octanol–water partition coefficient (Wildman–Crippen LogP) is 2.56. The molecule has 1 atom stereocenters. The second kappa shape index (κ2) is 6.58. The number of aromatic nitrogens is 1. The number of nitrogens with zero attached hydrogens (tertiary/aromatic N) is 2. The molecule has 2 rings (SSSR count). The highest BCUT2D eigenvalue weighted by Crippen LogP contribution is 2.16. The first-order valence-electron chi connectivity index (χ1n) is 7.66. The molecule has 2 heterocycles. The van der Waals surface area contributed by atoms with E-state index in [1.165, 1.54) is 42.9 Å². The SMILES string of the molecule is CCn1c(C)cc(CNCC2CCCN(C)C2)c1C. The molecule has 0 amide bonds. The Morgan fingerprint density at radius 2 is 2.16 bits per heavy atom. The Morgan fingerprint density at radius 3 is 2.79 bits per heavy atom. The van der Waals surface area contributed by atoms with Crippen LogP contribution in [0.1, 0.15) is 36.7 Å². The maximum atomic E-state index is 3.66.